The number of fused-ring (bicyclic) bond motifs is 1. The maximum absolute atomic E-state index is 7.10. The van der Waals surface area contributed by atoms with Gasteiger partial charge in [0.25, 0.3) is 0 Å². The molecular weight excluding hydrogens is 390 g/mol. The molecular formula is C23H29N7O. The van der Waals surface area contributed by atoms with Crippen LogP contribution in [0.15, 0.2) is 23.5 Å². The van der Waals surface area contributed by atoms with E-state index in [4.69, 9.17) is 10.1 Å². The highest BCUT2D eigenvalue weighted by atomic mass is 16.5. The summed E-state index contributed by atoms with van der Waals surface area (Å²) in [6.07, 6.45) is 14.9. The predicted molar refractivity (Wildman–Crippen MR) is 122 cm³/mol. The third kappa shape index (κ3) is 4.44. The van der Waals surface area contributed by atoms with Crippen molar-refractivity contribution in [2.24, 2.45) is 4.99 Å². The third-order valence-electron chi connectivity index (χ3n) is 6.40. The topological polar surface area (TPSA) is 103 Å². The number of hydrogen-bond donors (Lipinski definition) is 2. The van der Waals surface area contributed by atoms with Crippen LogP contribution >= 0.6 is 0 Å². The number of aromatic amines is 1. The summed E-state index contributed by atoms with van der Waals surface area (Å²) in [6.45, 7) is 4.02. The summed E-state index contributed by atoms with van der Waals surface area (Å²) in [4.78, 5) is 15.9. The largest absolute Gasteiger partial charge is 0.368 e. The smallest absolute Gasteiger partial charge is 0.132 e. The molecule has 0 bridgehead atoms. The van der Waals surface area contributed by atoms with Crippen LogP contribution in [0.1, 0.15) is 50.3 Å². The lowest BCUT2D eigenvalue weighted by atomic mass is 9.97. The van der Waals surface area contributed by atoms with Crippen LogP contribution in [0.3, 0.4) is 0 Å². The van der Waals surface area contributed by atoms with Gasteiger partial charge in [0, 0.05) is 50.0 Å². The fourth-order valence-corrected chi connectivity index (χ4v) is 4.30. The van der Waals surface area contributed by atoms with Crippen molar-refractivity contribution in [1.82, 2.24) is 20.2 Å². The Balaban J connectivity index is 1.29. The van der Waals surface area contributed by atoms with Crippen LogP contribution < -0.4 is 4.90 Å². The number of hydrogen-bond acceptors (Lipinski definition) is 7. The van der Waals surface area contributed by atoms with Crippen LogP contribution in [-0.4, -0.2) is 63.4 Å². The van der Waals surface area contributed by atoms with Gasteiger partial charge in [-0.1, -0.05) is 6.08 Å². The number of aromatic nitrogens is 4. The van der Waals surface area contributed by atoms with E-state index in [1.807, 2.05) is 12.3 Å². The molecule has 1 atom stereocenters. The highest BCUT2D eigenvalue weighted by Gasteiger charge is 2.41. The van der Waals surface area contributed by atoms with Crippen molar-refractivity contribution in [2.75, 3.05) is 18.0 Å². The molecule has 31 heavy (non-hydrogen) atoms. The Morgan fingerprint density at radius 3 is 2.94 bits per heavy atom. The van der Waals surface area contributed by atoms with Gasteiger partial charge >= 0.3 is 0 Å². The van der Waals surface area contributed by atoms with Gasteiger partial charge in [-0.25, -0.2) is 9.97 Å². The lowest BCUT2D eigenvalue weighted by Crippen LogP contribution is -2.35. The van der Waals surface area contributed by atoms with E-state index in [2.05, 4.69) is 49.1 Å². The first-order valence-electron chi connectivity index (χ1n) is 11.1. The van der Waals surface area contributed by atoms with Gasteiger partial charge in [0.1, 0.15) is 17.8 Å². The Morgan fingerprint density at radius 2 is 2.16 bits per heavy atom. The van der Waals surface area contributed by atoms with Crippen molar-refractivity contribution < 1.29 is 4.74 Å². The maximum atomic E-state index is 7.10. The molecule has 0 amide bonds. The summed E-state index contributed by atoms with van der Waals surface area (Å²) >= 11 is 0. The summed E-state index contributed by atoms with van der Waals surface area (Å²) in [6, 6.07) is 2.39. The molecule has 162 valence electrons. The fourth-order valence-electron chi connectivity index (χ4n) is 4.30. The molecule has 2 fully saturated rings. The molecule has 0 aromatic carbocycles. The number of ether oxygens (including phenoxy) is 1. The molecule has 2 N–H and O–H groups in total. The van der Waals surface area contributed by atoms with Crippen LogP contribution in [0, 0.1) is 5.41 Å². The van der Waals surface area contributed by atoms with Crippen LogP contribution in [0.5, 0.6) is 0 Å². The van der Waals surface area contributed by atoms with E-state index in [1.54, 1.807) is 6.33 Å². The standard InChI is InChI=1S/C23H29N7O/c1-23(7-8-23)31-17-3-4-19-18(13-17)22(29-28-19)20-14-21(27-15-26-20)30-11-5-16(6-12-30)25-10-2-9-24/h3-4,9-10,14-17,24H,2,5-8,11-13H2,1H3,(H,28,29). The average molecular weight is 420 g/mol. The van der Waals surface area contributed by atoms with E-state index in [9.17, 15) is 0 Å². The number of H-pyrrole nitrogens is 1. The molecule has 0 radical (unpaired) electrons. The monoisotopic (exact) mass is 419 g/mol. The molecule has 1 aliphatic heterocycles. The summed E-state index contributed by atoms with van der Waals surface area (Å²) in [7, 11) is 0. The number of piperidine rings is 1. The van der Waals surface area contributed by atoms with Crippen LogP contribution in [0.4, 0.5) is 5.82 Å². The predicted octanol–water partition coefficient (Wildman–Crippen LogP) is 3.45. The molecule has 8 nitrogen and oxygen atoms in total. The number of nitrogens with one attached hydrogen (secondary N) is 2. The minimum atomic E-state index is 0.0497. The van der Waals surface area contributed by atoms with E-state index in [-0.39, 0.29) is 11.7 Å². The van der Waals surface area contributed by atoms with Crippen LogP contribution in [-0.2, 0) is 11.2 Å². The second-order valence-corrected chi connectivity index (χ2v) is 8.89. The first-order valence-corrected chi connectivity index (χ1v) is 11.1. The molecule has 1 saturated heterocycles. The van der Waals surface area contributed by atoms with Gasteiger partial charge in [-0.2, -0.15) is 5.10 Å². The van der Waals surface area contributed by atoms with Gasteiger partial charge in [-0.3, -0.25) is 10.1 Å². The van der Waals surface area contributed by atoms with Gasteiger partial charge in [-0.15, -0.1) is 0 Å². The zero-order chi connectivity index (χ0) is 21.3. The zero-order valence-electron chi connectivity index (χ0n) is 17.9. The number of rotatable bonds is 7. The molecule has 5 rings (SSSR count). The minimum absolute atomic E-state index is 0.0497. The third-order valence-corrected chi connectivity index (χ3v) is 6.40. The summed E-state index contributed by atoms with van der Waals surface area (Å²) < 4.78 is 6.28. The number of nitrogens with zero attached hydrogens (tertiary/aromatic N) is 5. The second kappa shape index (κ2) is 8.34. The Kier molecular flexibility index (Phi) is 5.40. The second-order valence-electron chi connectivity index (χ2n) is 8.89. The normalized spacial score (nSPS) is 22.6. The SMILES string of the molecule is CC1(OC2C=Cc3[nH]nc(-c4cc(N5CCC(N=CCC=N)CC5)ncn4)c3C2)CC1. The Morgan fingerprint density at radius 1 is 1.32 bits per heavy atom. The van der Waals surface area contributed by atoms with Crippen molar-refractivity contribution in [1.29, 1.82) is 5.41 Å². The molecule has 2 aromatic heterocycles. The Hall–Kier alpha value is -2.87. The molecule has 2 aromatic rings. The van der Waals surface area contributed by atoms with Gasteiger partial charge < -0.3 is 15.0 Å². The quantitative estimate of drug-likeness (QED) is 0.669. The number of aliphatic imine (C=N–C) groups is 1. The number of anilines is 1. The molecule has 2 aliphatic carbocycles. The zero-order valence-corrected chi connectivity index (χ0v) is 17.9. The fraction of sp³-hybridized carbons (Fsp3) is 0.522. The molecule has 1 unspecified atom stereocenters. The highest BCUT2D eigenvalue weighted by Crippen LogP contribution is 2.41. The average Bonchev–Trinajstić information content (AvgIpc) is 3.37. The van der Waals surface area contributed by atoms with E-state index in [1.165, 1.54) is 11.8 Å². The van der Waals surface area contributed by atoms with Crippen molar-refractivity contribution in [3.63, 3.8) is 0 Å². The van der Waals surface area contributed by atoms with Crippen molar-refractivity contribution in [3.05, 3.63) is 29.7 Å². The van der Waals surface area contributed by atoms with Gasteiger partial charge in [-0.05, 0) is 38.7 Å². The minimum Gasteiger partial charge on any atom is -0.368 e. The van der Waals surface area contributed by atoms with Crippen molar-refractivity contribution in [2.45, 2.75) is 63.2 Å². The van der Waals surface area contributed by atoms with Gasteiger partial charge in [0.15, 0.2) is 0 Å². The maximum Gasteiger partial charge on any atom is 0.132 e. The molecule has 0 spiro atoms. The lowest BCUT2D eigenvalue weighted by molar-refractivity contribution is 0.00641. The van der Waals surface area contributed by atoms with Crippen LogP contribution in [0.2, 0.25) is 0 Å². The first-order chi connectivity index (χ1) is 15.1. The van der Waals surface area contributed by atoms with E-state index in [0.717, 1.165) is 68.1 Å². The van der Waals surface area contributed by atoms with Gasteiger partial charge in [0.05, 0.1) is 29.1 Å². The lowest BCUT2D eigenvalue weighted by Gasteiger charge is -2.31. The molecule has 1 saturated carbocycles. The van der Waals surface area contributed by atoms with Gasteiger partial charge in [0.2, 0.25) is 0 Å². The highest BCUT2D eigenvalue weighted by molar-refractivity contribution is 5.77. The summed E-state index contributed by atoms with van der Waals surface area (Å²) in [5.41, 5.74) is 4.00. The van der Waals surface area contributed by atoms with E-state index in [0.29, 0.717) is 12.5 Å². The van der Waals surface area contributed by atoms with Crippen LogP contribution in [0.25, 0.3) is 17.5 Å². The van der Waals surface area contributed by atoms with Crippen molar-refractivity contribution >= 4 is 24.3 Å². The Bertz CT molecular complexity index is 999. The summed E-state index contributed by atoms with van der Waals surface area (Å²) in [5, 5.41) is 14.8. The summed E-state index contributed by atoms with van der Waals surface area (Å²) in [5.74, 6) is 0.938. The van der Waals surface area contributed by atoms with Crippen molar-refractivity contribution in [3.8, 4) is 11.4 Å². The van der Waals surface area contributed by atoms with E-state index >= 15 is 0 Å². The molecule has 3 aliphatic rings. The first kappa shape index (κ1) is 20.1. The molecule has 3 heterocycles. The Labute approximate surface area is 182 Å². The molecule has 8 heteroatoms. The van der Waals surface area contributed by atoms with E-state index < -0.39 is 0 Å².